The van der Waals surface area contributed by atoms with Crippen LogP contribution < -0.4 is 10.6 Å². The molecule has 270 valence electrons. The average molecular weight is 715 g/mol. The molecule has 1 saturated heterocycles. The Morgan fingerprint density at radius 2 is 1.73 bits per heavy atom. The number of hydrogen-bond acceptors (Lipinski definition) is 9. The van der Waals surface area contributed by atoms with Crippen molar-refractivity contribution in [3.8, 4) is 0 Å². The minimum absolute atomic E-state index is 0.0426. The predicted octanol–water partition coefficient (Wildman–Crippen LogP) is 2.60. The zero-order valence-corrected chi connectivity index (χ0v) is 30.0. The number of amides is 2. The second-order valence-corrected chi connectivity index (χ2v) is 16.5. The van der Waals surface area contributed by atoms with Gasteiger partial charge in [-0.05, 0) is 74.6 Å². The number of carbonyl (C=O) groups excluding carboxylic acids is 2. The number of aliphatic hydroxyl groups is 2. The van der Waals surface area contributed by atoms with E-state index in [4.69, 9.17) is 0 Å². The Morgan fingerprint density at radius 3 is 2.49 bits per heavy atom. The standard InChI is InChI=1S/C38H46N6O6S/c1-38(2,3)42-37(48)31-24-44(51(49,50)33-12-6-9-26-10-7-15-40-34(26)33)19-18-43(31)23-29(45)21-28(20-25-13-16-39-17-14-25)36(47)41-35-30-11-5-4-8-27(30)22-32(35)46/h4-17,28-29,31-32,35,45-46H,18-24H2,1-3H3,(H,41,47)(H,42,48)/t28-,29+,31+,32-,35+/m1/s1. The van der Waals surface area contributed by atoms with Crippen molar-refractivity contribution in [2.75, 3.05) is 26.2 Å². The monoisotopic (exact) mass is 714 g/mol. The molecule has 4 N–H and O–H groups in total. The molecule has 12 nitrogen and oxygen atoms in total. The number of carbonyl (C=O) groups is 2. The molecule has 2 aliphatic rings. The van der Waals surface area contributed by atoms with E-state index in [1.54, 1.807) is 47.8 Å². The van der Waals surface area contributed by atoms with Gasteiger partial charge in [-0.1, -0.05) is 42.5 Å². The maximum absolute atomic E-state index is 14.0. The molecule has 2 aromatic carbocycles. The van der Waals surface area contributed by atoms with Gasteiger partial charge < -0.3 is 20.8 Å². The van der Waals surface area contributed by atoms with Crippen LogP contribution in [0.15, 0.2) is 90.2 Å². The van der Waals surface area contributed by atoms with Crippen LogP contribution in [0, 0.1) is 5.92 Å². The summed E-state index contributed by atoms with van der Waals surface area (Å²) in [5.41, 5.74) is 2.51. The molecule has 1 aliphatic heterocycles. The molecule has 2 aromatic heterocycles. The number of aliphatic hydroxyl groups excluding tert-OH is 2. The maximum Gasteiger partial charge on any atom is 0.245 e. The van der Waals surface area contributed by atoms with E-state index in [-0.39, 0.29) is 49.3 Å². The molecule has 0 bridgehead atoms. The smallest absolute Gasteiger partial charge is 0.245 e. The molecular weight excluding hydrogens is 669 g/mol. The van der Waals surface area contributed by atoms with Crippen molar-refractivity contribution in [1.29, 1.82) is 0 Å². The largest absolute Gasteiger partial charge is 0.392 e. The lowest BCUT2D eigenvalue weighted by Crippen LogP contribution is -2.62. The Bertz CT molecular complexity index is 1970. The molecular formula is C38H46N6O6S. The Labute approximate surface area is 299 Å². The number of sulfonamides is 1. The van der Waals surface area contributed by atoms with E-state index in [2.05, 4.69) is 20.6 Å². The highest BCUT2D eigenvalue weighted by atomic mass is 32.2. The molecule has 51 heavy (non-hydrogen) atoms. The highest BCUT2D eigenvalue weighted by Gasteiger charge is 2.41. The first-order valence-corrected chi connectivity index (χ1v) is 18.8. The number of benzene rings is 2. The fourth-order valence-electron chi connectivity index (χ4n) is 7.14. The van der Waals surface area contributed by atoms with Gasteiger partial charge in [0, 0.05) is 68.0 Å². The lowest BCUT2D eigenvalue weighted by molar-refractivity contribution is -0.131. The van der Waals surface area contributed by atoms with Crippen molar-refractivity contribution in [2.24, 2.45) is 5.92 Å². The first-order chi connectivity index (χ1) is 24.3. The molecule has 1 aliphatic carbocycles. The van der Waals surface area contributed by atoms with Crippen molar-refractivity contribution in [1.82, 2.24) is 29.8 Å². The second kappa shape index (κ2) is 15.1. The predicted molar refractivity (Wildman–Crippen MR) is 193 cm³/mol. The SMILES string of the molecule is CC(C)(C)NC(=O)[C@@H]1CN(S(=O)(=O)c2cccc3cccnc23)CCN1C[C@@H](O)C[C@@H](Cc1ccncc1)C(=O)N[C@H]1c2ccccc2C[C@H]1O. The van der Waals surface area contributed by atoms with Gasteiger partial charge in [-0.25, -0.2) is 8.42 Å². The number of para-hydroxylation sites is 1. The van der Waals surface area contributed by atoms with Crippen molar-refractivity contribution < 1.29 is 28.2 Å². The minimum Gasteiger partial charge on any atom is -0.392 e. The fraction of sp³-hybridized carbons (Fsp3) is 0.421. The molecule has 2 amide bonds. The van der Waals surface area contributed by atoms with Crippen LogP contribution in [0.1, 0.15) is 49.9 Å². The van der Waals surface area contributed by atoms with Crippen LogP contribution in [-0.4, -0.2) is 99.6 Å². The normalized spacial score (nSPS) is 21.2. The minimum atomic E-state index is -4.03. The van der Waals surface area contributed by atoms with Crippen LogP contribution in [0.2, 0.25) is 0 Å². The van der Waals surface area contributed by atoms with E-state index >= 15 is 0 Å². The summed E-state index contributed by atoms with van der Waals surface area (Å²) in [6.45, 7) is 5.75. The molecule has 0 radical (unpaired) electrons. The third-order valence-electron chi connectivity index (χ3n) is 9.57. The van der Waals surface area contributed by atoms with E-state index < -0.39 is 45.8 Å². The van der Waals surface area contributed by atoms with Crippen LogP contribution in [0.4, 0.5) is 0 Å². The van der Waals surface area contributed by atoms with Crippen LogP contribution in [0.3, 0.4) is 0 Å². The zero-order chi connectivity index (χ0) is 36.3. The average Bonchev–Trinajstić information content (AvgIpc) is 3.41. The van der Waals surface area contributed by atoms with Crippen LogP contribution in [0.5, 0.6) is 0 Å². The van der Waals surface area contributed by atoms with Crippen molar-refractivity contribution in [2.45, 2.75) is 74.8 Å². The summed E-state index contributed by atoms with van der Waals surface area (Å²) in [6.07, 6.45) is 3.90. The lowest BCUT2D eigenvalue weighted by Gasteiger charge is -2.41. The van der Waals surface area contributed by atoms with Gasteiger partial charge in [0.1, 0.15) is 10.9 Å². The Balaban J connectivity index is 1.21. The van der Waals surface area contributed by atoms with E-state index in [1.165, 1.54) is 10.4 Å². The molecule has 0 saturated carbocycles. The zero-order valence-electron chi connectivity index (χ0n) is 29.1. The van der Waals surface area contributed by atoms with E-state index in [0.29, 0.717) is 23.7 Å². The summed E-state index contributed by atoms with van der Waals surface area (Å²) in [4.78, 5) is 38.0. The van der Waals surface area contributed by atoms with Crippen molar-refractivity contribution >= 4 is 32.7 Å². The maximum atomic E-state index is 14.0. The number of nitrogens with one attached hydrogen (secondary N) is 2. The molecule has 0 unspecified atom stereocenters. The number of aromatic nitrogens is 2. The number of nitrogens with zero attached hydrogens (tertiary/aromatic N) is 4. The van der Waals surface area contributed by atoms with Gasteiger partial charge in [0.15, 0.2) is 0 Å². The first-order valence-electron chi connectivity index (χ1n) is 17.3. The summed E-state index contributed by atoms with van der Waals surface area (Å²) in [5.74, 6) is -1.32. The molecule has 5 atom stereocenters. The molecule has 1 fully saturated rings. The van der Waals surface area contributed by atoms with Crippen molar-refractivity contribution in [3.63, 3.8) is 0 Å². The highest BCUT2D eigenvalue weighted by Crippen LogP contribution is 2.32. The summed E-state index contributed by atoms with van der Waals surface area (Å²) in [6, 6.07) is 18.4. The summed E-state index contributed by atoms with van der Waals surface area (Å²) in [5, 5.41) is 29.1. The summed E-state index contributed by atoms with van der Waals surface area (Å²) >= 11 is 0. The number of piperazine rings is 1. The Hall–Kier alpha value is -4.27. The second-order valence-electron chi connectivity index (χ2n) is 14.5. The van der Waals surface area contributed by atoms with E-state index in [1.807, 2.05) is 57.2 Å². The topological polar surface area (TPSA) is 165 Å². The first kappa shape index (κ1) is 36.5. The summed E-state index contributed by atoms with van der Waals surface area (Å²) in [7, 11) is -4.03. The molecule has 4 aromatic rings. The van der Waals surface area contributed by atoms with Gasteiger partial charge in [0.25, 0.3) is 0 Å². The molecule has 3 heterocycles. The number of rotatable bonds is 11. The number of pyridine rings is 2. The van der Waals surface area contributed by atoms with Crippen LogP contribution >= 0.6 is 0 Å². The molecule has 6 rings (SSSR count). The van der Waals surface area contributed by atoms with Gasteiger partial charge in [-0.15, -0.1) is 0 Å². The number of β-amino-alcohol motifs (C(OH)–C–C–N with tert-alkyl or cyclic N) is 1. The van der Waals surface area contributed by atoms with Crippen LogP contribution in [-0.2, 0) is 32.5 Å². The van der Waals surface area contributed by atoms with E-state index in [9.17, 15) is 28.2 Å². The van der Waals surface area contributed by atoms with Crippen LogP contribution in [0.25, 0.3) is 10.9 Å². The van der Waals surface area contributed by atoms with Gasteiger partial charge >= 0.3 is 0 Å². The van der Waals surface area contributed by atoms with Crippen molar-refractivity contribution in [3.05, 3.63) is 102 Å². The quantitative estimate of drug-likeness (QED) is 0.183. The van der Waals surface area contributed by atoms with Gasteiger partial charge in [-0.2, -0.15) is 4.31 Å². The van der Waals surface area contributed by atoms with Gasteiger partial charge in [-0.3, -0.25) is 24.5 Å². The third-order valence-corrected chi connectivity index (χ3v) is 11.5. The molecule has 13 heteroatoms. The lowest BCUT2D eigenvalue weighted by atomic mass is 9.92. The number of fused-ring (bicyclic) bond motifs is 2. The highest BCUT2D eigenvalue weighted by molar-refractivity contribution is 7.89. The number of hydrogen-bond donors (Lipinski definition) is 4. The van der Waals surface area contributed by atoms with Gasteiger partial charge in [0.2, 0.25) is 21.8 Å². The summed E-state index contributed by atoms with van der Waals surface area (Å²) < 4.78 is 29.4. The fourth-order valence-corrected chi connectivity index (χ4v) is 8.74. The molecule has 0 spiro atoms. The van der Waals surface area contributed by atoms with Gasteiger partial charge in [0.05, 0.1) is 23.8 Å². The van der Waals surface area contributed by atoms with E-state index in [0.717, 1.165) is 16.7 Å². The third kappa shape index (κ3) is 8.45. The Kier molecular flexibility index (Phi) is 10.8. The Morgan fingerprint density at radius 1 is 0.980 bits per heavy atom.